The van der Waals surface area contributed by atoms with Gasteiger partial charge >= 0.3 is 0 Å². The molecule has 0 unspecified atom stereocenters. The van der Waals surface area contributed by atoms with Crippen LogP contribution >= 0.6 is 0 Å². The quantitative estimate of drug-likeness (QED) is 0.855. The highest BCUT2D eigenvalue weighted by Gasteiger charge is 2.18. The predicted molar refractivity (Wildman–Crippen MR) is 81.1 cm³/mol. The van der Waals surface area contributed by atoms with Gasteiger partial charge in [0.25, 0.3) is 0 Å². The molecule has 2 aliphatic heterocycles. The van der Waals surface area contributed by atoms with Gasteiger partial charge in [0.1, 0.15) is 0 Å². The number of nitrogens with one attached hydrogen (secondary N) is 1. The number of hydrogen-bond acceptors (Lipinski definition) is 4. The summed E-state index contributed by atoms with van der Waals surface area (Å²) in [6.45, 7) is 7.86. The summed E-state index contributed by atoms with van der Waals surface area (Å²) in [5.74, 6) is 0. The summed E-state index contributed by atoms with van der Waals surface area (Å²) in [6.07, 6.45) is 0. The van der Waals surface area contributed by atoms with Gasteiger partial charge in [-0.1, -0.05) is 6.07 Å². The maximum atomic E-state index is 3.41. The highest BCUT2D eigenvalue weighted by molar-refractivity contribution is 5.73. The molecule has 2 aliphatic rings. The molecular formula is C15H24N4. The second-order valence-electron chi connectivity index (χ2n) is 5.69. The average Bonchev–Trinajstić information content (AvgIpc) is 2.44. The molecule has 3 rings (SSSR count). The summed E-state index contributed by atoms with van der Waals surface area (Å²) < 4.78 is 0. The third-order valence-corrected chi connectivity index (χ3v) is 4.25. The van der Waals surface area contributed by atoms with Crippen LogP contribution in [0.5, 0.6) is 0 Å². The van der Waals surface area contributed by atoms with Crippen LogP contribution in [0.15, 0.2) is 18.2 Å². The van der Waals surface area contributed by atoms with E-state index in [1.807, 2.05) is 0 Å². The molecule has 0 bridgehead atoms. The second-order valence-corrected chi connectivity index (χ2v) is 5.69. The van der Waals surface area contributed by atoms with Gasteiger partial charge in [-0.15, -0.1) is 0 Å². The molecule has 1 aromatic rings. The molecule has 0 saturated carbocycles. The van der Waals surface area contributed by atoms with Gasteiger partial charge in [0.2, 0.25) is 0 Å². The lowest BCUT2D eigenvalue weighted by molar-refractivity contribution is 0.233. The van der Waals surface area contributed by atoms with Crippen LogP contribution in [-0.4, -0.2) is 58.3 Å². The summed E-state index contributed by atoms with van der Waals surface area (Å²) in [5.41, 5.74) is 4.17. The van der Waals surface area contributed by atoms with Gasteiger partial charge in [-0.3, -0.25) is 4.90 Å². The number of piperazine rings is 1. The van der Waals surface area contributed by atoms with Gasteiger partial charge in [0.15, 0.2) is 0 Å². The van der Waals surface area contributed by atoms with E-state index in [0.29, 0.717) is 0 Å². The van der Waals surface area contributed by atoms with Gasteiger partial charge in [0.05, 0.1) is 11.4 Å². The first-order chi connectivity index (χ1) is 9.24. The molecule has 0 aliphatic carbocycles. The van der Waals surface area contributed by atoms with Crippen molar-refractivity contribution in [3.8, 4) is 0 Å². The minimum Gasteiger partial charge on any atom is -0.371 e. The van der Waals surface area contributed by atoms with Crippen LogP contribution in [0.2, 0.25) is 0 Å². The zero-order chi connectivity index (χ0) is 13.2. The van der Waals surface area contributed by atoms with Crippen LogP contribution in [0.4, 0.5) is 11.4 Å². The third kappa shape index (κ3) is 2.69. The molecule has 0 aromatic heterocycles. The SMILES string of the molecule is CN1CCN(C)c2cc(CN3CCNCC3)ccc21. The van der Waals surface area contributed by atoms with Crippen molar-refractivity contribution in [1.29, 1.82) is 0 Å². The summed E-state index contributed by atoms with van der Waals surface area (Å²) in [7, 11) is 4.38. The van der Waals surface area contributed by atoms with E-state index >= 15 is 0 Å². The topological polar surface area (TPSA) is 21.8 Å². The number of anilines is 2. The van der Waals surface area contributed by atoms with Crippen LogP contribution in [-0.2, 0) is 6.54 Å². The zero-order valence-corrected chi connectivity index (χ0v) is 12.0. The highest BCUT2D eigenvalue weighted by atomic mass is 15.2. The molecule has 1 saturated heterocycles. The number of fused-ring (bicyclic) bond motifs is 1. The first-order valence-corrected chi connectivity index (χ1v) is 7.22. The predicted octanol–water partition coefficient (Wildman–Crippen LogP) is 0.978. The van der Waals surface area contributed by atoms with Gasteiger partial charge < -0.3 is 15.1 Å². The fraction of sp³-hybridized carbons (Fsp3) is 0.600. The largest absolute Gasteiger partial charge is 0.371 e. The lowest BCUT2D eigenvalue weighted by atomic mass is 10.1. The average molecular weight is 260 g/mol. The van der Waals surface area contributed by atoms with Crippen molar-refractivity contribution in [2.45, 2.75) is 6.54 Å². The zero-order valence-electron chi connectivity index (χ0n) is 12.0. The fourth-order valence-electron chi connectivity index (χ4n) is 2.96. The molecule has 104 valence electrons. The van der Waals surface area contributed by atoms with E-state index in [1.165, 1.54) is 16.9 Å². The van der Waals surface area contributed by atoms with Crippen LogP contribution in [0.1, 0.15) is 5.56 Å². The Morgan fingerprint density at radius 3 is 2.37 bits per heavy atom. The molecule has 0 radical (unpaired) electrons. The Bertz CT molecular complexity index is 440. The molecule has 1 N–H and O–H groups in total. The van der Waals surface area contributed by atoms with Crippen molar-refractivity contribution >= 4 is 11.4 Å². The number of rotatable bonds is 2. The van der Waals surface area contributed by atoms with E-state index in [-0.39, 0.29) is 0 Å². The van der Waals surface area contributed by atoms with Crippen LogP contribution in [0.3, 0.4) is 0 Å². The van der Waals surface area contributed by atoms with Crippen molar-refractivity contribution in [3.05, 3.63) is 23.8 Å². The molecule has 1 fully saturated rings. The van der Waals surface area contributed by atoms with Gasteiger partial charge in [0, 0.05) is 59.9 Å². The van der Waals surface area contributed by atoms with E-state index in [1.54, 1.807) is 0 Å². The Kier molecular flexibility index (Phi) is 3.62. The molecule has 4 nitrogen and oxygen atoms in total. The van der Waals surface area contributed by atoms with Gasteiger partial charge in [-0.05, 0) is 17.7 Å². The van der Waals surface area contributed by atoms with Crippen molar-refractivity contribution in [1.82, 2.24) is 10.2 Å². The van der Waals surface area contributed by atoms with Crippen molar-refractivity contribution in [2.24, 2.45) is 0 Å². The van der Waals surface area contributed by atoms with E-state index in [0.717, 1.165) is 45.8 Å². The molecular weight excluding hydrogens is 236 g/mol. The normalized spacial score (nSPS) is 20.5. The highest BCUT2D eigenvalue weighted by Crippen LogP contribution is 2.32. The molecule has 0 amide bonds. The lowest BCUT2D eigenvalue weighted by Crippen LogP contribution is -2.43. The summed E-state index contributed by atoms with van der Waals surface area (Å²) in [4.78, 5) is 7.26. The van der Waals surface area contributed by atoms with Crippen LogP contribution in [0, 0.1) is 0 Å². The van der Waals surface area contributed by atoms with Crippen molar-refractivity contribution in [2.75, 3.05) is 63.2 Å². The summed E-state index contributed by atoms with van der Waals surface area (Å²) >= 11 is 0. The lowest BCUT2D eigenvalue weighted by Gasteiger charge is -2.35. The van der Waals surface area contributed by atoms with Gasteiger partial charge in [-0.25, -0.2) is 0 Å². The van der Waals surface area contributed by atoms with Crippen LogP contribution < -0.4 is 15.1 Å². The minimum atomic E-state index is 1.08. The first-order valence-electron chi connectivity index (χ1n) is 7.22. The Morgan fingerprint density at radius 2 is 1.63 bits per heavy atom. The second kappa shape index (κ2) is 5.39. The first kappa shape index (κ1) is 12.8. The van der Waals surface area contributed by atoms with Crippen LogP contribution in [0.25, 0.3) is 0 Å². The number of hydrogen-bond donors (Lipinski definition) is 1. The van der Waals surface area contributed by atoms with E-state index < -0.39 is 0 Å². The Labute approximate surface area is 116 Å². The molecule has 19 heavy (non-hydrogen) atoms. The maximum absolute atomic E-state index is 3.41. The van der Waals surface area contributed by atoms with E-state index in [2.05, 4.69) is 52.3 Å². The number of nitrogens with zero attached hydrogens (tertiary/aromatic N) is 3. The number of likely N-dealkylation sites (N-methyl/N-ethyl adjacent to an activating group) is 2. The summed E-state index contributed by atoms with van der Waals surface area (Å²) in [6, 6.07) is 6.94. The Morgan fingerprint density at radius 1 is 0.947 bits per heavy atom. The molecule has 0 spiro atoms. The molecule has 0 atom stereocenters. The maximum Gasteiger partial charge on any atom is 0.0605 e. The Balaban J connectivity index is 1.78. The van der Waals surface area contributed by atoms with Crippen molar-refractivity contribution < 1.29 is 0 Å². The van der Waals surface area contributed by atoms with Gasteiger partial charge in [-0.2, -0.15) is 0 Å². The number of benzene rings is 1. The Hall–Kier alpha value is -1.26. The van der Waals surface area contributed by atoms with E-state index in [4.69, 9.17) is 0 Å². The minimum absolute atomic E-state index is 1.08. The standard InChI is InChI=1S/C15H24N4/c1-17-9-10-18(2)15-11-13(3-4-14(15)17)12-19-7-5-16-6-8-19/h3-4,11,16H,5-10,12H2,1-2H3. The van der Waals surface area contributed by atoms with Crippen molar-refractivity contribution in [3.63, 3.8) is 0 Å². The third-order valence-electron chi connectivity index (χ3n) is 4.25. The molecule has 1 aromatic carbocycles. The monoisotopic (exact) mass is 260 g/mol. The summed E-state index contributed by atoms with van der Waals surface area (Å²) in [5, 5.41) is 3.41. The molecule has 2 heterocycles. The fourth-order valence-corrected chi connectivity index (χ4v) is 2.96. The van der Waals surface area contributed by atoms with E-state index in [9.17, 15) is 0 Å². The smallest absolute Gasteiger partial charge is 0.0605 e. The molecule has 4 heteroatoms.